The molecule has 0 spiro atoms. The molecule has 98 valence electrons. The summed E-state index contributed by atoms with van der Waals surface area (Å²) in [5, 5.41) is 9.70. The second-order valence-corrected chi connectivity index (χ2v) is 4.55. The Morgan fingerprint density at radius 1 is 1.06 bits per heavy atom. The molecule has 0 heterocycles. The van der Waals surface area contributed by atoms with Crippen LogP contribution in [0, 0.1) is 0 Å². The summed E-state index contributed by atoms with van der Waals surface area (Å²) >= 11 is 0. The second kappa shape index (κ2) is 8.93. The van der Waals surface area contributed by atoms with Gasteiger partial charge in [-0.3, -0.25) is 0 Å². The molecule has 0 fully saturated rings. The Balaban J connectivity index is 3.41. The Hall–Kier alpha value is -0.160. The molecule has 0 saturated heterocycles. The number of ether oxygens (including phenoxy) is 3. The van der Waals surface area contributed by atoms with Crippen molar-refractivity contribution in [1.82, 2.24) is 0 Å². The molecule has 0 rings (SSSR count). The van der Waals surface area contributed by atoms with Crippen molar-refractivity contribution < 1.29 is 19.3 Å². The standard InChI is InChI=1S/C12H26O4/c1-12(2,15-4)7-5-11(13)6-8-16-10-9-14-3/h11,13H,5-10H2,1-4H3. The SMILES string of the molecule is COCCOCCC(O)CCC(C)(C)OC. The molecule has 0 aliphatic heterocycles. The maximum Gasteiger partial charge on any atom is 0.0700 e. The van der Waals surface area contributed by atoms with Gasteiger partial charge in [0.1, 0.15) is 0 Å². The molecule has 16 heavy (non-hydrogen) atoms. The summed E-state index contributed by atoms with van der Waals surface area (Å²) in [7, 11) is 3.34. The molecule has 4 nitrogen and oxygen atoms in total. The first-order valence-electron chi connectivity index (χ1n) is 5.81. The van der Waals surface area contributed by atoms with Crippen molar-refractivity contribution in [3.05, 3.63) is 0 Å². The maximum atomic E-state index is 9.70. The average Bonchev–Trinajstić information content (AvgIpc) is 2.26. The lowest BCUT2D eigenvalue weighted by Gasteiger charge is -2.24. The van der Waals surface area contributed by atoms with Crippen molar-refractivity contribution in [3.63, 3.8) is 0 Å². The first kappa shape index (κ1) is 15.8. The highest BCUT2D eigenvalue weighted by Gasteiger charge is 2.17. The monoisotopic (exact) mass is 234 g/mol. The van der Waals surface area contributed by atoms with Gasteiger partial charge in [-0.2, -0.15) is 0 Å². The quantitative estimate of drug-likeness (QED) is 0.583. The van der Waals surface area contributed by atoms with E-state index in [0.29, 0.717) is 26.2 Å². The number of rotatable bonds is 10. The van der Waals surface area contributed by atoms with Gasteiger partial charge in [0, 0.05) is 20.8 Å². The zero-order valence-corrected chi connectivity index (χ0v) is 11.0. The molecule has 0 aliphatic rings. The molecule has 0 aromatic heterocycles. The van der Waals surface area contributed by atoms with Gasteiger partial charge in [0.2, 0.25) is 0 Å². The number of methoxy groups -OCH3 is 2. The van der Waals surface area contributed by atoms with Crippen molar-refractivity contribution in [2.45, 2.75) is 44.8 Å². The molecule has 1 N–H and O–H groups in total. The lowest BCUT2D eigenvalue weighted by Crippen LogP contribution is -2.25. The third-order valence-corrected chi connectivity index (χ3v) is 2.66. The Kier molecular flexibility index (Phi) is 8.84. The van der Waals surface area contributed by atoms with E-state index >= 15 is 0 Å². The van der Waals surface area contributed by atoms with Crippen LogP contribution < -0.4 is 0 Å². The van der Waals surface area contributed by atoms with Gasteiger partial charge in [-0.05, 0) is 33.1 Å². The molecule has 4 heteroatoms. The summed E-state index contributed by atoms with van der Waals surface area (Å²) in [4.78, 5) is 0. The van der Waals surface area contributed by atoms with Crippen LogP contribution in [0.3, 0.4) is 0 Å². The largest absolute Gasteiger partial charge is 0.393 e. The van der Waals surface area contributed by atoms with E-state index in [1.807, 2.05) is 13.8 Å². The van der Waals surface area contributed by atoms with E-state index in [-0.39, 0.29) is 11.7 Å². The summed E-state index contributed by atoms with van der Waals surface area (Å²) in [6.45, 7) is 5.82. The van der Waals surface area contributed by atoms with Crippen LogP contribution in [0.4, 0.5) is 0 Å². The number of hydrogen-bond acceptors (Lipinski definition) is 4. The highest BCUT2D eigenvalue weighted by atomic mass is 16.5. The van der Waals surface area contributed by atoms with E-state index in [1.165, 1.54) is 0 Å². The summed E-state index contributed by atoms with van der Waals surface area (Å²) in [6, 6.07) is 0. The van der Waals surface area contributed by atoms with Crippen molar-refractivity contribution in [2.75, 3.05) is 34.0 Å². The summed E-state index contributed by atoms with van der Waals surface area (Å²) in [5.74, 6) is 0. The predicted molar refractivity (Wildman–Crippen MR) is 63.6 cm³/mol. The van der Waals surface area contributed by atoms with E-state index in [2.05, 4.69) is 0 Å². The van der Waals surface area contributed by atoms with Crippen LogP contribution in [-0.2, 0) is 14.2 Å². The minimum absolute atomic E-state index is 0.155. The third kappa shape index (κ3) is 9.09. The van der Waals surface area contributed by atoms with E-state index in [4.69, 9.17) is 14.2 Å². The summed E-state index contributed by atoms with van der Waals surface area (Å²) < 4.78 is 15.4. The molecule has 0 bridgehead atoms. The van der Waals surface area contributed by atoms with Crippen molar-refractivity contribution in [3.8, 4) is 0 Å². The van der Waals surface area contributed by atoms with Crippen LogP contribution in [0.5, 0.6) is 0 Å². The highest BCUT2D eigenvalue weighted by Crippen LogP contribution is 2.17. The van der Waals surface area contributed by atoms with E-state index in [0.717, 1.165) is 12.8 Å². The van der Waals surface area contributed by atoms with Gasteiger partial charge in [0.15, 0.2) is 0 Å². The molecule has 0 aromatic carbocycles. The van der Waals surface area contributed by atoms with Crippen LogP contribution in [0.25, 0.3) is 0 Å². The van der Waals surface area contributed by atoms with Gasteiger partial charge in [0.25, 0.3) is 0 Å². The van der Waals surface area contributed by atoms with Gasteiger partial charge >= 0.3 is 0 Å². The predicted octanol–water partition coefficient (Wildman–Crippen LogP) is 1.61. The van der Waals surface area contributed by atoms with Crippen LogP contribution in [0.1, 0.15) is 33.1 Å². The van der Waals surface area contributed by atoms with Crippen LogP contribution in [0.15, 0.2) is 0 Å². The van der Waals surface area contributed by atoms with E-state index < -0.39 is 0 Å². The minimum Gasteiger partial charge on any atom is -0.393 e. The lowest BCUT2D eigenvalue weighted by molar-refractivity contribution is -0.00290. The van der Waals surface area contributed by atoms with Gasteiger partial charge < -0.3 is 19.3 Å². The van der Waals surface area contributed by atoms with E-state index in [1.54, 1.807) is 14.2 Å². The number of hydrogen-bond donors (Lipinski definition) is 1. The van der Waals surface area contributed by atoms with Crippen molar-refractivity contribution >= 4 is 0 Å². The molecule has 1 atom stereocenters. The maximum absolute atomic E-state index is 9.70. The van der Waals surface area contributed by atoms with Crippen molar-refractivity contribution in [1.29, 1.82) is 0 Å². The zero-order valence-electron chi connectivity index (χ0n) is 11.0. The topological polar surface area (TPSA) is 47.9 Å². The molecule has 0 aromatic rings. The van der Waals surface area contributed by atoms with Crippen LogP contribution >= 0.6 is 0 Å². The fourth-order valence-electron chi connectivity index (χ4n) is 1.22. The summed E-state index contributed by atoms with van der Waals surface area (Å²) in [5.41, 5.74) is -0.155. The van der Waals surface area contributed by atoms with Crippen molar-refractivity contribution in [2.24, 2.45) is 0 Å². The second-order valence-electron chi connectivity index (χ2n) is 4.55. The average molecular weight is 234 g/mol. The number of aliphatic hydroxyl groups excluding tert-OH is 1. The first-order valence-corrected chi connectivity index (χ1v) is 5.81. The third-order valence-electron chi connectivity index (χ3n) is 2.66. The molecular formula is C12H26O4. The first-order chi connectivity index (χ1) is 7.52. The van der Waals surface area contributed by atoms with E-state index in [9.17, 15) is 5.11 Å². The zero-order chi connectivity index (χ0) is 12.4. The molecule has 0 aliphatic carbocycles. The Labute approximate surface area is 98.9 Å². The Morgan fingerprint density at radius 2 is 1.75 bits per heavy atom. The lowest BCUT2D eigenvalue weighted by atomic mass is 9.99. The molecular weight excluding hydrogens is 208 g/mol. The van der Waals surface area contributed by atoms with Gasteiger partial charge in [-0.15, -0.1) is 0 Å². The minimum atomic E-state index is -0.308. The molecule has 0 amide bonds. The molecule has 0 saturated carbocycles. The number of aliphatic hydroxyl groups is 1. The highest BCUT2D eigenvalue weighted by molar-refractivity contribution is 4.70. The Bertz CT molecular complexity index is 159. The van der Waals surface area contributed by atoms with Crippen LogP contribution in [-0.4, -0.2) is 50.9 Å². The molecule has 0 radical (unpaired) electrons. The fourth-order valence-corrected chi connectivity index (χ4v) is 1.22. The Morgan fingerprint density at radius 3 is 2.31 bits per heavy atom. The van der Waals surface area contributed by atoms with Gasteiger partial charge in [-0.1, -0.05) is 0 Å². The smallest absolute Gasteiger partial charge is 0.0700 e. The fraction of sp³-hybridized carbons (Fsp3) is 1.00. The molecule has 1 unspecified atom stereocenters. The van der Waals surface area contributed by atoms with Gasteiger partial charge in [-0.25, -0.2) is 0 Å². The van der Waals surface area contributed by atoms with Crippen LogP contribution in [0.2, 0.25) is 0 Å². The van der Waals surface area contributed by atoms with Gasteiger partial charge in [0.05, 0.1) is 24.9 Å². The normalized spacial score (nSPS) is 14.1. The summed E-state index contributed by atoms with van der Waals surface area (Å²) in [6.07, 6.45) is 1.96.